The van der Waals surface area contributed by atoms with E-state index in [-0.39, 0.29) is 39.9 Å². The van der Waals surface area contributed by atoms with Gasteiger partial charge in [0.1, 0.15) is 10.6 Å². The number of para-hydroxylation sites is 1. The van der Waals surface area contributed by atoms with Gasteiger partial charge in [-0.1, -0.05) is 12.1 Å². The number of rotatable bonds is 6. The van der Waals surface area contributed by atoms with Crippen molar-refractivity contribution >= 4 is 37.4 Å². The number of sulfonamides is 2. The Kier molecular flexibility index (Phi) is 6.22. The lowest BCUT2D eigenvalue weighted by Gasteiger charge is -2.28. The second kappa shape index (κ2) is 8.52. The third-order valence-electron chi connectivity index (χ3n) is 4.65. The van der Waals surface area contributed by atoms with Crippen LogP contribution in [0.2, 0.25) is 0 Å². The van der Waals surface area contributed by atoms with Gasteiger partial charge < -0.3 is 9.47 Å². The van der Waals surface area contributed by atoms with E-state index in [0.29, 0.717) is 12.8 Å². The largest absolute Gasteiger partial charge is 0.495 e. The average molecular weight is 455 g/mol. The van der Waals surface area contributed by atoms with Gasteiger partial charge in [-0.05, 0) is 43.2 Å². The van der Waals surface area contributed by atoms with Crippen molar-refractivity contribution in [1.82, 2.24) is 0 Å². The topological polar surface area (TPSA) is 119 Å². The van der Waals surface area contributed by atoms with Crippen LogP contribution in [0.25, 0.3) is 0 Å². The van der Waals surface area contributed by atoms with Crippen LogP contribution in [0, 0.1) is 0 Å². The first kappa shape index (κ1) is 21.9. The minimum absolute atomic E-state index is 0.00582. The lowest BCUT2D eigenvalue weighted by atomic mass is 10.2. The molecule has 0 atom stereocenters. The van der Waals surface area contributed by atoms with Crippen molar-refractivity contribution in [2.45, 2.75) is 17.7 Å². The van der Waals surface area contributed by atoms with Crippen LogP contribution in [0.3, 0.4) is 0 Å². The number of nitrogens with zero attached hydrogens (tertiary/aromatic N) is 1. The highest BCUT2D eigenvalue weighted by Gasteiger charge is 2.29. The lowest BCUT2D eigenvalue weighted by Crippen LogP contribution is -2.37. The van der Waals surface area contributed by atoms with Crippen LogP contribution in [0.15, 0.2) is 47.4 Å². The monoisotopic (exact) mass is 454 g/mol. The minimum atomic E-state index is -4.22. The number of ether oxygens (including phenoxy) is 2. The number of carbonyl (C=O) groups is 1. The van der Waals surface area contributed by atoms with Crippen LogP contribution in [0.5, 0.6) is 5.75 Å². The van der Waals surface area contributed by atoms with E-state index in [9.17, 15) is 21.6 Å². The Morgan fingerprint density at radius 2 is 1.83 bits per heavy atom. The molecule has 11 heteroatoms. The zero-order valence-electron chi connectivity index (χ0n) is 16.5. The van der Waals surface area contributed by atoms with Crippen LogP contribution < -0.4 is 13.8 Å². The predicted octanol–water partition coefficient (Wildman–Crippen LogP) is 2.21. The van der Waals surface area contributed by atoms with Gasteiger partial charge >= 0.3 is 5.97 Å². The highest BCUT2D eigenvalue weighted by Crippen LogP contribution is 2.33. The third kappa shape index (κ3) is 4.36. The van der Waals surface area contributed by atoms with Gasteiger partial charge in [-0.2, -0.15) is 0 Å². The fourth-order valence-corrected chi connectivity index (χ4v) is 6.07. The van der Waals surface area contributed by atoms with Gasteiger partial charge in [0.2, 0.25) is 10.0 Å². The van der Waals surface area contributed by atoms with E-state index >= 15 is 0 Å². The van der Waals surface area contributed by atoms with Gasteiger partial charge in [0.15, 0.2) is 0 Å². The highest BCUT2D eigenvalue weighted by atomic mass is 32.2. The second-order valence-corrected chi connectivity index (χ2v) is 10.2. The summed E-state index contributed by atoms with van der Waals surface area (Å²) in [5.41, 5.74) is 0.303. The van der Waals surface area contributed by atoms with Crippen LogP contribution in [0.1, 0.15) is 23.2 Å². The van der Waals surface area contributed by atoms with E-state index in [1.165, 1.54) is 48.9 Å². The Bertz CT molecular complexity index is 1160. The molecule has 0 bridgehead atoms. The summed E-state index contributed by atoms with van der Waals surface area (Å²) in [6.07, 6.45) is 1.24. The van der Waals surface area contributed by atoms with E-state index in [1.54, 1.807) is 12.1 Å². The zero-order valence-corrected chi connectivity index (χ0v) is 18.1. The molecule has 2 aromatic carbocycles. The summed E-state index contributed by atoms with van der Waals surface area (Å²) in [6.45, 7) is 0.271. The molecule has 3 rings (SSSR count). The second-order valence-electron chi connectivity index (χ2n) is 6.57. The highest BCUT2D eigenvalue weighted by molar-refractivity contribution is 7.93. The fraction of sp³-hybridized carbons (Fsp3) is 0.316. The molecule has 1 fully saturated rings. The zero-order chi connectivity index (χ0) is 21.9. The summed E-state index contributed by atoms with van der Waals surface area (Å²) >= 11 is 0. The Morgan fingerprint density at radius 3 is 2.50 bits per heavy atom. The van der Waals surface area contributed by atoms with Gasteiger partial charge in [0.25, 0.3) is 10.0 Å². The number of methoxy groups -OCH3 is 2. The number of anilines is 2. The molecule has 30 heavy (non-hydrogen) atoms. The van der Waals surface area contributed by atoms with Crippen molar-refractivity contribution in [1.29, 1.82) is 0 Å². The van der Waals surface area contributed by atoms with Crippen molar-refractivity contribution < 1.29 is 31.1 Å². The first-order valence-electron chi connectivity index (χ1n) is 9.08. The van der Waals surface area contributed by atoms with Crippen molar-refractivity contribution in [2.75, 3.05) is 35.5 Å². The van der Waals surface area contributed by atoms with E-state index in [1.807, 2.05) is 0 Å². The fourth-order valence-electron chi connectivity index (χ4n) is 3.17. The minimum Gasteiger partial charge on any atom is -0.495 e. The van der Waals surface area contributed by atoms with Gasteiger partial charge in [-0.25, -0.2) is 21.6 Å². The van der Waals surface area contributed by atoms with Crippen LogP contribution in [-0.2, 0) is 24.8 Å². The number of nitrogens with one attached hydrogen (secondary N) is 1. The van der Waals surface area contributed by atoms with E-state index in [2.05, 4.69) is 4.72 Å². The molecule has 162 valence electrons. The maximum atomic E-state index is 13.1. The molecule has 1 aliphatic rings. The summed E-state index contributed by atoms with van der Waals surface area (Å²) in [7, 11) is -5.24. The average Bonchev–Trinajstić information content (AvgIpc) is 2.72. The number of esters is 1. The molecular formula is C19H22N2O7S2. The molecule has 1 heterocycles. The first-order chi connectivity index (χ1) is 14.2. The lowest BCUT2D eigenvalue weighted by molar-refractivity contribution is 0.0602. The standard InChI is InChI=1S/C19H22N2O7S2/c1-27-17-10-9-14(21-11-5-6-12-29(21,23)24)13-18(17)30(25,26)20-16-8-4-3-7-15(16)19(22)28-2/h3-4,7-10,13,20H,5-6,11-12H2,1-2H3. The Morgan fingerprint density at radius 1 is 1.10 bits per heavy atom. The predicted molar refractivity (Wildman–Crippen MR) is 112 cm³/mol. The summed E-state index contributed by atoms with van der Waals surface area (Å²) in [6, 6.07) is 10.2. The maximum Gasteiger partial charge on any atom is 0.339 e. The SMILES string of the molecule is COC(=O)c1ccccc1NS(=O)(=O)c1cc(N2CCCCS2(=O)=O)ccc1OC. The smallest absolute Gasteiger partial charge is 0.339 e. The molecule has 0 spiro atoms. The third-order valence-corrected chi connectivity index (χ3v) is 7.91. The van der Waals surface area contributed by atoms with Gasteiger partial charge in [0, 0.05) is 6.54 Å². The molecule has 1 N–H and O–H groups in total. The van der Waals surface area contributed by atoms with Crippen molar-refractivity contribution in [3.63, 3.8) is 0 Å². The molecule has 2 aromatic rings. The van der Waals surface area contributed by atoms with Crippen molar-refractivity contribution in [2.24, 2.45) is 0 Å². The number of hydrogen-bond donors (Lipinski definition) is 1. The van der Waals surface area contributed by atoms with E-state index < -0.39 is 26.0 Å². The van der Waals surface area contributed by atoms with Gasteiger partial charge in [-0.3, -0.25) is 9.03 Å². The molecule has 0 radical (unpaired) electrons. The Labute approximate surface area is 175 Å². The van der Waals surface area contributed by atoms with E-state index in [4.69, 9.17) is 9.47 Å². The first-order valence-corrected chi connectivity index (χ1v) is 12.2. The van der Waals surface area contributed by atoms with Crippen LogP contribution in [0.4, 0.5) is 11.4 Å². The Balaban J connectivity index is 2.05. The number of hydrogen-bond acceptors (Lipinski definition) is 7. The summed E-state index contributed by atoms with van der Waals surface area (Å²) < 4.78 is 64.5. The molecule has 0 aromatic heterocycles. The summed E-state index contributed by atoms with van der Waals surface area (Å²) in [5, 5.41) is 0. The normalized spacial score (nSPS) is 16.0. The maximum absolute atomic E-state index is 13.1. The van der Waals surface area contributed by atoms with Crippen LogP contribution >= 0.6 is 0 Å². The van der Waals surface area contributed by atoms with Crippen LogP contribution in [-0.4, -0.2) is 49.3 Å². The number of carbonyl (C=O) groups excluding carboxylic acids is 1. The van der Waals surface area contributed by atoms with Gasteiger partial charge in [0.05, 0.1) is 36.9 Å². The summed E-state index contributed by atoms with van der Waals surface area (Å²) in [4.78, 5) is 11.7. The van der Waals surface area contributed by atoms with Crippen molar-refractivity contribution in [3.05, 3.63) is 48.0 Å². The quantitative estimate of drug-likeness (QED) is 0.665. The molecule has 1 aliphatic heterocycles. The molecule has 0 aliphatic carbocycles. The molecule has 1 saturated heterocycles. The number of benzene rings is 2. The molecular weight excluding hydrogens is 432 g/mol. The molecule has 0 amide bonds. The van der Waals surface area contributed by atoms with Crippen molar-refractivity contribution in [3.8, 4) is 5.75 Å². The van der Waals surface area contributed by atoms with E-state index in [0.717, 1.165) is 0 Å². The molecule has 9 nitrogen and oxygen atoms in total. The van der Waals surface area contributed by atoms with Gasteiger partial charge in [-0.15, -0.1) is 0 Å². The molecule has 0 saturated carbocycles. The Hall–Kier alpha value is -2.79. The summed E-state index contributed by atoms with van der Waals surface area (Å²) in [5.74, 6) is -0.657. The molecule has 0 unspecified atom stereocenters.